The van der Waals surface area contributed by atoms with Gasteiger partial charge in [0.15, 0.2) is 0 Å². The number of hydrogen-bond acceptors (Lipinski definition) is 3. The lowest BCUT2D eigenvalue weighted by atomic mass is 10.00. The molecule has 0 radical (unpaired) electrons. The highest BCUT2D eigenvalue weighted by atomic mass is 35.5. The summed E-state index contributed by atoms with van der Waals surface area (Å²) >= 11 is 0. The molecule has 0 aromatic rings. The fourth-order valence-electron chi connectivity index (χ4n) is 3.12. The smallest absolute Gasteiger partial charge is 0.239 e. The SMILES string of the molecule is CN(CCC1CCCCN1C)C(=O)[C@@H]1CCCN1.Cl.Cl. The first-order valence-electron chi connectivity index (χ1n) is 7.37. The van der Waals surface area contributed by atoms with Crippen LogP contribution in [0.1, 0.15) is 38.5 Å². The van der Waals surface area contributed by atoms with Gasteiger partial charge in [0.1, 0.15) is 0 Å². The van der Waals surface area contributed by atoms with Gasteiger partial charge < -0.3 is 15.1 Å². The van der Waals surface area contributed by atoms with Crippen molar-refractivity contribution in [3.8, 4) is 0 Å². The Morgan fingerprint density at radius 1 is 1.25 bits per heavy atom. The zero-order chi connectivity index (χ0) is 13.0. The molecule has 1 N–H and O–H groups in total. The molecule has 2 fully saturated rings. The van der Waals surface area contributed by atoms with Crippen LogP contribution in [0.3, 0.4) is 0 Å². The number of halogens is 2. The summed E-state index contributed by atoms with van der Waals surface area (Å²) in [5.74, 6) is 0.283. The number of amides is 1. The lowest BCUT2D eigenvalue weighted by molar-refractivity contribution is -0.131. The highest BCUT2D eigenvalue weighted by molar-refractivity contribution is 5.85. The molecule has 4 nitrogen and oxygen atoms in total. The number of nitrogens with zero attached hydrogens (tertiary/aromatic N) is 2. The van der Waals surface area contributed by atoms with Crippen LogP contribution in [0.25, 0.3) is 0 Å². The van der Waals surface area contributed by atoms with E-state index < -0.39 is 0 Å². The number of likely N-dealkylation sites (tertiary alicyclic amines) is 1. The molecule has 2 aliphatic heterocycles. The van der Waals surface area contributed by atoms with Crippen LogP contribution in [0, 0.1) is 0 Å². The number of hydrogen-bond donors (Lipinski definition) is 1. The maximum Gasteiger partial charge on any atom is 0.239 e. The van der Waals surface area contributed by atoms with E-state index in [0.29, 0.717) is 6.04 Å². The normalized spacial score (nSPS) is 26.5. The van der Waals surface area contributed by atoms with Crippen LogP contribution in [-0.4, -0.2) is 61.5 Å². The standard InChI is InChI=1S/C14H27N3O.2ClH/c1-16-10-4-3-6-12(16)8-11-17(2)14(18)13-7-5-9-15-13;;/h12-13,15H,3-11H2,1-2H3;2*1H/t12?,13-;;/m0../s1. The molecule has 20 heavy (non-hydrogen) atoms. The second kappa shape index (κ2) is 9.82. The van der Waals surface area contributed by atoms with Crippen molar-refractivity contribution in [3.05, 3.63) is 0 Å². The predicted octanol–water partition coefficient (Wildman–Crippen LogP) is 1.91. The summed E-state index contributed by atoms with van der Waals surface area (Å²) in [7, 11) is 4.16. The zero-order valence-corrected chi connectivity index (χ0v) is 14.3. The Kier molecular flexibility index (Phi) is 9.81. The second-order valence-electron chi connectivity index (χ2n) is 5.83. The van der Waals surface area contributed by atoms with Gasteiger partial charge in [-0.2, -0.15) is 0 Å². The summed E-state index contributed by atoms with van der Waals surface area (Å²) in [6, 6.07) is 0.754. The molecule has 1 unspecified atom stereocenters. The Morgan fingerprint density at radius 2 is 2.00 bits per heavy atom. The van der Waals surface area contributed by atoms with E-state index in [9.17, 15) is 4.79 Å². The van der Waals surface area contributed by atoms with Gasteiger partial charge in [-0.1, -0.05) is 6.42 Å². The minimum atomic E-state index is 0. The van der Waals surface area contributed by atoms with Crippen LogP contribution < -0.4 is 5.32 Å². The molecule has 0 aliphatic carbocycles. The van der Waals surface area contributed by atoms with E-state index in [0.717, 1.165) is 32.4 Å². The first-order chi connectivity index (χ1) is 8.68. The van der Waals surface area contributed by atoms with Crippen LogP contribution in [0.2, 0.25) is 0 Å². The second-order valence-corrected chi connectivity index (χ2v) is 5.83. The van der Waals surface area contributed by atoms with Gasteiger partial charge in [-0.3, -0.25) is 4.79 Å². The fraction of sp³-hybridized carbons (Fsp3) is 0.929. The van der Waals surface area contributed by atoms with Crippen LogP contribution >= 0.6 is 24.8 Å². The van der Waals surface area contributed by atoms with E-state index >= 15 is 0 Å². The van der Waals surface area contributed by atoms with Crippen LogP contribution in [-0.2, 0) is 4.79 Å². The molecule has 0 spiro atoms. The van der Waals surface area contributed by atoms with E-state index in [1.54, 1.807) is 0 Å². The van der Waals surface area contributed by atoms with E-state index in [1.807, 2.05) is 11.9 Å². The zero-order valence-electron chi connectivity index (χ0n) is 12.6. The summed E-state index contributed by atoms with van der Waals surface area (Å²) in [6.07, 6.45) is 7.22. The summed E-state index contributed by atoms with van der Waals surface area (Å²) in [5, 5.41) is 3.28. The van der Waals surface area contributed by atoms with Crippen molar-refractivity contribution in [1.29, 1.82) is 0 Å². The van der Waals surface area contributed by atoms with Crippen molar-refractivity contribution < 1.29 is 4.79 Å². The van der Waals surface area contributed by atoms with Crippen molar-refractivity contribution in [2.24, 2.45) is 0 Å². The highest BCUT2D eigenvalue weighted by Crippen LogP contribution is 2.18. The third-order valence-electron chi connectivity index (χ3n) is 4.45. The van der Waals surface area contributed by atoms with Crippen molar-refractivity contribution in [2.45, 2.75) is 50.6 Å². The van der Waals surface area contributed by atoms with Gasteiger partial charge in [-0.25, -0.2) is 0 Å². The van der Waals surface area contributed by atoms with Crippen molar-refractivity contribution >= 4 is 30.7 Å². The number of piperidine rings is 1. The first kappa shape index (κ1) is 20.0. The third-order valence-corrected chi connectivity index (χ3v) is 4.45. The summed E-state index contributed by atoms with van der Waals surface area (Å²) in [5.41, 5.74) is 0. The van der Waals surface area contributed by atoms with Gasteiger partial charge in [-0.15, -0.1) is 24.8 Å². The van der Waals surface area contributed by atoms with Crippen molar-refractivity contribution in [1.82, 2.24) is 15.1 Å². The van der Waals surface area contributed by atoms with Gasteiger partial charge in [0, 0.05) is 19.6 Å². The van der Waals surface area contributed by atoms with Crippen LogP contribution in [0.5, 0.6) is 0 Å². The molecule has 1 amide bonds. The number of carbonyl (C=O) groups is 1. The largest absolute Gasteiger partial charge is 0.344 e. The molecule has 120 valence electrons. The van der Waals surface area contributed by atoms with Crippen LogP contribution in [0.4, 0.5) is 0 Å². The van der Waals surface area contributed by atoms with E-state index in [2.05, 4.69) is 17.3 Å². The molecule has 0 aromatic heterocycles. The number of rotatable bonds is 4. The van der Waals surface area contributed by atoms with E-state index in [4.69, 9.17) is 0 Å². The van der Waals surface area contributed by atoms with Crippen molar-refractivity contribution in [2.75, 3.05) is 33.7 Å². The molecule has 2 rings (SSSR count). The number of carbonyl (C=O) groups excluding carboxylic acids is 1. The monoisotopic (exact) mass is 325 g/mol. The number of nitrogens with one attached hydrogen (secondary N) is 1. The minimum absolute atomic E-state index is 0. The predicted molar refractivity (Wildman–Crippen MR) is 88.0 cm³/mol. The fourth-order valence-corrected chi connectivity index (χ4v) is 3.12. The molecule has 0 saturated carbocycles. The topological polar surface area (TPSA) is 35.6 Å². The molecule has 0 bridgehead atoms. The first-order valence-corrected chi connectivity index (χ1v) is 7.37. The Balaban J connectivity index is 0.00000180. The van der Waals surface area contributed by atoms with E-state index in [-0.39, 0.29) is 36.8 Å². The van der Waals surface area contributed by atoms with Gasteiger partial charge in [0.25, 0.3) is 0 Å². The third kappa shape index (κ3) is 5.40. The van der Waals surface area contributed by atoms with Gasteiger partial charge in [-0.05, 0) is 52.2 Å². The lowest BCUT2D eigenvalue weighted by Gasteiger charge is -2.33. The molecular weight excluding hydrogens is 297 g/mol. The average Bonchev–Trinajstić information content (AvgIpc) is 2.90. The lowest BCUT2D eigenvalue weighted by Crippen LogP contribution is -2.44. The molecule has 2 aliphatic rings. The summed E-state index contributed by atoms with van der Waals surface area (Å²) < 4.78 is 0. The van der Waals surface area contributed by atoms with Gasteiger partial charge in [0.05, 0.1) is 6.04 Å². The molecular formula is C14H29Cl2N3O. The Bertz CT molecular complexity index is 286. The van der Waals surface area contributed by atoms with Crippen molar-refractivity contribution in [3.63, 3.8) is 0 Å². The average molecular weight is 326 g/mol. The minimum Gasteiger partial charge on any atom is -0.344 e. The molecule has 0 aromatic carbocycles. The summed E-state index contributed by atoms with van der Waals surface area (Å²) in [4.78, 5) is 16.5. The molecule has 6 heteroatoms. The molecule has 2 heterocycles. The van der Waals surface area contributed by atoms with E-state index in [1.165, 1.54) is 25.8 Å². The Labute approximate surface area is 135 Å². The summed E-state index contributed by atoms with van der Waals surface area (Å²) in [6.45, 7) is 3.11. The Morgan fingerprint density at radius 3 is 2.60 bits per heavy atom. The Hall–Kier alpha value is -0.0300. The van der Waals surface area contributed by atoms with Gasteiger partial charge >= 0.3 is 0 Å². The number of likely N-dealkylation sites (N-methyl/N-ethyl adjacent to an activating group) is 1. The quantitative estimate of drug-likeness (QED) is 0.857. The van der Waals surface area contributed by atoms with Gasteiger partial charge in [0.2, 0.25) is 5.91 Å². The van der Waals surface area contributed by atoms with Crippen LogP contribution in [0.15, 0.2) is 0 Å². The maximum absolute atomic E-state index is 12.1. The maximum atomic E-state index is 12.1. The molecule has 2 atom stereocenters. The highest BCUT2D eigenvalue weighted by Gasteiger charge is 2.26. The molecule has 2 saturated heterocycles.